The number of methoxy groups -OCH3 is 2. The van der Waals surface area contributed by atoms with Crippen LogP contribution in [0.15, 0.2) is 24.3 Å². The van der Waals surface area contributed by atoms with E-state index in [1.165, 1.54) is 67.8 Å². The van der Waals surface area contributed by atoms with Crippen molar-refractivity contribution in [1.82, 2.24) is 0 Å². The molecule has 0 amide bonds. The van der Waals surface area contributed by atoms with Gasteiger partial charge in [-0.25, -0.2) is 0 Å². The molecule has 0 bridgehead atoms. The molecule has 1 N–H and O–H groups in total. The molecule has 1 aliphatic heterocycles. The van der Waals surface area contributed by atoms with E-state index in [1.807, 2.05) is 28.1 Å². The molecule has 2 atom stereocenters. The average Bonchev–Trinajstić information content (AvgIpc) is 3.61. The molecule has 4 nitrogen and oxygen atoms in total. The fourth-order valence-corrected chi connectivity index (χ4v) is 10.2. The molecule has 0 aromatic heterocycles. The Balaban J connectivity index is 1.81. The largest absolute Gasteiger partial charge is 0.496 e. The number of ether oxygens (including phenoxy) is 3. The Morgan fingerprint density at radius 1 is 0.838 bits per heavy atom. The topological polar surface area (TPSA) is 47.9 Å². The summed E-state index contributed by atoms with van der Waals surface area (Å²) in [6.45, 7) is 10.6. The first-order valence-electron chi connectivity index (χ1n) is 14.2. The SMILES string of the molecule is COc1c(C2CCCC2)cc(C2CCCC2)c(OC)c1-c1cccc2c1[P@](C(C)(C)C)[C@H](C(C)(C)O)O2. The highest BCUT2D eigenvalue weighted by atomic mass is 31.1. The fourth-order valence-electron chi connectivity index (χ4n) is 6.96. The molecule has 0 saturated heterocycles. The fraction of sp³-hybridized carbons (Fsp3) is 0.625. The number of hydrogen-bond donors (Lipinski definition) is 1. The van der Waals surface area contributed by atoms with Crippen LogP contribution in [0.2, 0.25) is 0 Å². The predicted octanol–water partition coefficient (Wildman–Crippen LogP) is 8.08. The Morgan fingerprint density at radius 2 is 1.35 bits per heavy atom. The maximum absolute atomic E-state index is 11.2. The maximum atomic E-state index is 11.2. The second kappa shape index (κ2) is 10.1. The van der Waals surface area contributed by atoms with E-state index >= 15 is 0 Å². The third-order valence-corrected chi connectivity index (χ3v) is 12.2. The molecule has 202 valence electrons. The molecule has 0 radical (unpaired) electrons. The third-order valence-electron chi connectivity index (χ3n) is 8.60. The Bertz CT molecular complexity index is 1090. The third kappa shape index (κ3) is 4.78. The molecule has 1 heterocycles. The molecule has 2 aromatic carbocycles. The molecule has 0 unspecified atom stereocenters. The lowest BCUT2D eigenvalue weighted by molar-refractivity contribution is 0.0103. The van der Waals surface area contributed by atoms with Crippen molar-refractivity contribution in [2.24, 2.45) is 0 Å². The molecular weight excluding hydrogens is 479 g/mol. The Labute approximate surface area is 224 Å². The minimum atomic E-state index is -0.954. The van der Waals surface area contributed by atoms with E-state index in [0.29, 0.717) is 11.8 Å². The first-order valence-corrected chi connectivity index (χ1v) is 15.6. The van der Waals surface area contributed by atoms with Gasteiger partial charge in [-0.2, -0.15) is 0 Å². The summed E-state index contributed by atoms with van der Waals surface area (Å²) in [5.74, 6) is 3.61. The van der Waals surface area contributed by atoms with E-state index in [0.717, 1.165) is 28.4 Å². The van der Waals surface area contributed by atoms with Crippen molar-refractivity contribution in [2.45, 2.75) is 114 Å². The molecule has 5 heteroatoms. The van der Waals surface area contributed by atoms with Gasteiger partial charge >= 0.3 is 0 Å². The van der Waals surface area contributed by atoms with Crippen molar-refractivity contribution in [1.29, 1.82) is 0 Å². The monoisotopic (exact) mass is 524 g/mol. The summed E-state index contributed by atoms with van der Waals surface area (Å²) in [5, 5.41) is 12.4. The van der Waals surface area contributed by atoms with Gasteiger partial charge in [-0.1, -0.05) is 58.6 Å². The molecule has 0 spiro atoms. The normalized spacial score (nSPS) is 22.8. The Kier molecular flexibility index (Phi) is 7.31. The van der Waals surface area contributed by atoms with Crippen LogP contribution >= 0.6 is 7.92 Å². The van der Waals surface area contributed by atoms with Crippen molar-refractivity contribution >= 4 is 13.2 Å². The number of aliphatic hydroxyl groups is 1. The van der Waals surface area contributed by atoms with E-state index < -0.39 is 13.5 Å². The van der Waals surface area contributed by atoms with Crippen molar-refractivity contribution in [2.75, 3.05) is 14.2 Å². The summed E-state index contributed by atoms with van der Waals surface area (Å²) in [7, 11) is 2.78. The van der Waals surface area contributed by atoms with Gasteiger partial charge in [-0.15, -0.1) is 0 Å². The summed E-state index contributed by atoms with van der Waals surface area (Å²) >= 11 is 0. The van der Waals surface area contributed by atoms with Gasteiger partial charge in [-0.3, -0.25) is 0 Å². The number of hydrogen-bond acceptors (Lipinski definition) is 4. The second-order valence-corrected chi connectivity index (χ2v) is 15.8. The van der Waals surface area contributed by atoms with E-state index in [4.69, 9.17) is 14.2 Å². The Morgan fingerprint density at radius 3 is 1.78 bits per heavy atom. The van der Waals surface area contributed by atoms with Crippen LogP contribution in [0.25, 0.3) is 11.1 Å². The van der Waals surface area contributed by atoms with Gasteiger partial charge in [0.15, 0.2) is 0 Å². The molecule has 2 aromatic rings. The van der Waals surface area contributed by atoms with Gasteiger partial charge in [0.05, 0.1) is 19.8 Å². The zero-order valence-electron chi connectivity index (χ0n) is 23.8. The predicted molar refractivity (Wildman–Crippen MR) is 154 cm³/mol. The van der Waals surface area contributed by atoms with E-state index in [9.17, 15) is 5.11 Å². The van der Waals surface area contributed by atoms with E-state index in [1.54, 1.807) is 0 Å². The van der Waals surface area contributed by atoms with Gasteiger partial charge in [0.2, 0.25) is 0 Å². The highest BCUT2D eigenvalue weighted by Crippen LogP contribution is 2.63. The van der Waals surface area contributed by atoms with E-state index in [-0.39, 0.29) is 11.0 Å². The van der Waals surface area contributed by atoms with Crippen LogP contribution in [0.1, 0.15) is 109 Å². The minimum absolute atomic E-state index is 0.0564. The van der Waals surface area contributed by atoms with Gasteiger partial charge in [-0.05, 0) is 87.7 Å². The van der Waals surface area contributed by atoms with Gasteiger partial charge in [0.1, 0.15) is 28.7 Å². The van der Waals surface area contributed by atoms with Gasteiger partial charge in [0, 0.05) is 10.9 Å². The first-order chi connectivity index (χ1) is 17.6. The Hall–Kier alpha value is -1.77. The molecule has 5 rings (SSSR count). The zero-order valence-corrected chi connectivity index (χ0v) is 24.7. The summed E-state index contributed by atoms with van der Waals surface area (Å²) in [5.41, 5.74) is 3.99. The summed E-state index contributed by atoms with van der Waals surface area (Å²) in [4.78, 5) is 0. The minimum Gasteiger partial charge on any atom is -0.496 e. The van der Waals surface area contributed by atoms with Crippen LogP contribution in [0.5, 0.6) is 17.2 Å². The molecule has 2 aliphatic carbocycles. The maximum Gasteiger partial charge on any atom is 0.150 e. The lowest BCUT2D eigenvalue weighted by Gasteiger charge is -2.38. The van der Waals surface area contributed by atoms with Gasteiger partial charge < -0.3 is 19.3 Å². The number of rotatable bonds is 6. The summed E-state index contributed by atoms with van der Waals surface area (Å²) < 4.78 is 19.2. The molecule has 2 fully saturated rings. The van der Waals surface area contributed by atoms with Gasteiger partial charge in [0.25, 0.3) is 0 Å². The standard InChI is InChI=1S/C32H45O4P/c1-31(2,3)37-29-22(17-12-18-25(29)36-30(37)32(4,5)33)26-27(34-6)23(20-13-8-9-14-20)19-24(28(26)35-7)21-15-10-11-16-21/h12,17-21,30,33H,8-11,13-16H2,1-7H3/t30-,37+/m1/s1. The average molecular weight is 525 g/mol. The van der Waals surface area contributed by atoms with Crippen LogP contribution in [0.3, 0.4) is 0 Å². The van der Waals surface area contributed by atoms with Crippen LogP contribution in [-0.2, 0) is 0 Å². The molecule has 37 heavy (non-hydrogen) atoms. The summed E-state index contributed by atoms with van der Waals surface area (Å²) in [6, 6.07) is 8.84. The van der Waals surface area contributed by atoms with Crippen molar-refractivity contribution in [3.05, 3.63) is 35.4 Å². The highest BCUT2D eigenvalue weighted by molar-refractivity contribution is 7.68. The number of fused-ring (bicyclic) bond motifs is 1. The lowest BCUT2D eigenvalue weighted by Crippen LogP contribution is -2.40. The first kappa shape index (κ1) is 26.8. The van der Waals surface area contributed by atoms with Crippen molar-refractivity contribution in [3.8, 4) is 28.4 Å². The smallest absolute Gasteiger partial charge is 0.150 e. The van der Waals surface area contributed by atoms with Crippen LogP contribution < -0.4 is 19.5 Å². The highest BCUT2D eigenvalue weighted by Gasteiger charge is 2.49. The lowest BCUT2D eigenvalue weighted by atomic mass is 9.85. The zero-order chi connectivity index (χ0) is 26.5. The molecular formula is C32H45O4P. The quantitative estimate of drug-likeness (QED) is 0.388. The van der Waals surface area contributed by atoms with Crippen LogP contribution in [0.4, 0.5) is 0 Å². The van der Waals surface area contributed by atoms with Crippen molar-refractivity contribution < 1.29 is 19.3 Å². The van der Waals surface area contributed by atoms with Crippen molar-refractivity contribution in [3.63, 3.8) is 0 Å². The molecule has 2 saturated carbocycles. The van der Waals surface area contributed by atoms with Crippen LogP contribution in [-0.4, -0.2) is 35.9 Å². The second-order valence-electron chi connectivity index (χ2n) is 12.8. The molecule has 3 aliphatic rings. The number of benzene rings is 2. The summed E-state index contributed by atoms with van der Waals surface area (Å²) in [6.07, 6.45) is 10.0. The van der Waals surface area contributed by atoms with E-state index in [2.05, 4.69) is 45.0 Å². The van der Waals surface area contributed by atoms with Crippen LogP contribution in [0, 0.1) is 0 Å².